The molecule has 0 radical (unpaired) electrons. The molecule has 0 aromatic heterocycles. The lowest BCUT2D eigenvalue weighted by molar-refractivity contribution is 0.101. The van der Waals surface area contributed by atoms with Gasteiger partial charge in [-0.05, 0) is 61.8 Å². The van der Waals surface area contributed by atoms with E-state index >= 15 is 0 Å². The van der Waals surface area contributed by atoms with Crippen LogP contribution in [-0.2, 0) is 6.54 Å². The first kappa shape index (κ1) is 17.3. The summed E-state index contributed by atoms with van der Waals surface area (Å²) in [5.74, 6) is 0.844. The van der Waals surface area contributed by atoms with Crippen LogP contribution in [0.4, 0.5) is 0 Å². The molecule has 2 aromatic rings. The Morgan fingerprint density at radius 1 is 1.15 bits per heavy atom. The summed E-state index contributed by atoms with van der Waals surface area (Å²) in [6, 6.07) is 10.9. The third-order valence-corrected chi connectivity index (χ3v) is 5.39. The molecule has 0 unspecified atom stereocenters. The van der Waals surface area contributed by atoms with Crippen molar-refractivity contribution in [3.8, 4) is 11.5 Å². The maximum absolute atomic E-state index is 12.7. The average Bonchev–Trinajstić information content (AvgIpc) is 2.95. The summed E-state index contributed by atoms with van der Waals surface area (Å²) in [7, 11) is 0. The minimum atomic E-state index is -0.139. The van der Waals surface area contributed by atoms with Crippen molar-refractivity contribution in [2.75, 3.05) is 13.1 Å². The van der Waals surface area contributed by atoms with Crippen molar-refractivity contribution < 1.29 is 14.6 Å². The van der Waals surface area contributed by atoms with Crippen molar-refractivity contribution in [1.29, 1.82) is 0 Å². The molecular weight excluding hydrogens is 394 g/mol. The second-order valence-electron chi connectivity index (χ2n) is 6.77. The van der Waals surface area contributed by atoms with Crippen LogP contribution in [0, 0.1) is 0 Å². The fraction of sp³-hybridized carbons (Fsp3) is 0.286. The van der Waals surface area contributed by atoms with Crippen molar-refractivity contribution in [1.82, 2.24) is 4.90 Å². The number of Topliss-reactive ketones (excluding diaryl/α,β-unsaturated/α-hetero) is 1. The van der Waals surface area contributed by atoms with Crippen LogP contribution >= 0.6 is 15.9 Å². The van der Waals surface area contributed by atoms with Gasteiger partial charge in [0.1, 0.15) is 11.5 Å². The quantitative estimate of drug-likeness (QED) is 0.737. The van der Waals surface area contributed by atoms with Crippen LogP contribution in [0.3, 0.4) is 0 Å². The minimum absolute atomic E-state index is 0.139. The Balaban J connectivity index is 1.66. The Hall–Kier alpha value is -2.11. The predicted molar refractivity (Wildman–Crippen MR) is 104 cm³/mol. The van der Waals surface area contributed by atoms with Gasteiger partial charge in [0, 0.05) is 11.0 Å². The van der Waals surface area contributed by atoms with Crippen LogP contribution in [0.2, 0.25) is 0 Å². The number of carbonyl (C=O) groups excluding carboxylic acids is 1. The van der Waals surface area contributed by atoms with E-state index in [0.717, 1.165) is 23.1 Å². The molecule has 1 N–H and O–H groups in total. The molecule has 2 aliphatic rings. The highest BCUT2D eigenvalue weighted by Crippen LogP contribution is 2.40. The predicted octanol–water partition coefficient (Wildman–Crippen LogP) is 4.76. The van der Waals surface area contributed by atoms with Crippen molar-refractivity contribution >= 4 is 27.8 Å². The average molecular weight is 414 g/mol. The Kier molecular flexibility index (Phi) is 4.83. The molecule has 0 atom stereocenters. The van der Waals surface area contributed by atoms with E-state index in [9.17, 15) is 9.90 Å². The largest absolute Gasteiger partial charge is 0.507 e. The molecule has 1 saturated heterocycles. The van der Waals surface area contributed by atoms with Gasteiger partial charge >= 0.3 is 0 Å². The van der Waals surface area contributed by atoms with Crippen molar-refractivity contribution in [3.63, 3.8) is 0 Å². The van der Waals surface area contributed by atoms with E-state index in [1.54, 1.807) is 18.2 Å². The van der Waals surface area contributed by atoms with Crippen LogP contribution < -0.4 is 4.74 Å². The molecule has 5 heteroatoms. The number of fused-ring (bicyclic) bond motifs is 1. The lowest BCUT2D eigenvalue weighted by atomic mass is 10.0. The lowest BCUT2D eigenvalue weighted by Gasteiger charge is -2.27. The molecule has 2 aliphatic heterocycles. The summed E-state index contributed by atoms with van der Waals surface area (Å²) >= 11 is 3.44. The SMILES string of the molecule is O=C1/C(=C/c2cccc(Br)c2)Oc2c1ccc(O)c2CN1CCCCC1. The zero-order valence-corrected chi connectivity index (χ0v) is 16.0. The molecule has 2 aromatic carbocycles. The number of aromatic hydroxyl groups is 1. The highest BCUT2D eigenvalue weighted by molar-refractivity contribution is 9.10. The van der Waals surface area contributed by atoms with Gasteiger partial charge in [-0.15, -0.1) is 0 Å². The smallest absolute Gasteiger partial charge is 0.231 e. The number of halogens is 1. The first-order valence-corrected chi connectivity index (χ1v) is 9.68. The lowest BCUT2D eigenvalue weighted by Crippen LogP contribution is -2.29. The number of carbonyl (C=O) groups is 1. The van der Waals surface area contributed by atoms with Gasteiger partial charge < -0.3 is 9.84 Å². The fourth-order valence-corrected chi connectivity index (χ4v) is 3.96. The molecule has 1 fully saturated rings. The van der Waals surface area contributed by atoms with E-state index in [1.165, 1.54) is 19.3 Å². The van der Waals surface area contributed by atoms with Gasteiger partial charge in [-0.2, -0.15) is 0 Å². The summed E-state index contributed by atoms with van der Waals surface area (Å²) in [4.78, 5) is 15.0. The first-order chi connectivity index (χ1) is 12.6. The van der Waals surface area contributed by atoms with Crippen molar-refractivity contribution in [3.05, 3.63) is 63.3 Å². The Morgan fingerprint density at radius 3 is 2.73 bits per heavy atom. The van der Waals surface area contributed by atoms with Gasteiger partial charge in [0.15, 0.2) is 5.76 Å². The highest BCUT2D eigenvalue weighted by atomic mass is 79.9. The van der Waals surface area contributed by atoms with Crippen LogP contribution in [0.15, 0.2) is 46.6 Å². The number of hydrogen-bond acceptors (Lipinski definition) is 4. The standard InChI is InChI=1S/C21H20BrNO3/c22-15-6-4-5-14(11-15)12-19-20(25)16-7-8-18(24)17(21(16)26-19)13-23-9-2-1-3-10-23/h4-8,11-12,24H,1-3,9-10,13H2/b19-12-. The maximum Gasteiger partial charge on any atom is 0.231 e. The first-order valence-electron chi connectivity index (χ1n) is 8.89. The summed E-state index contributed by atoms with van der Waals surface area (Å²) in [5.41, 5.74) is 2.11. The van der Waals surface area contributed by atoms with Gasteiger partial charge in [0.2, 0.25) is 5.78 Å². The minimum Gasteiger partial charge on any atom is -0.507 e. The van der Waals surface area contributed by atoms with E-state index in [1.807, 2.05) is 24.3 Å². The molecule has 0 bridgehead atoms. The molecule has 0 spiro atoms. The molecule has 2 heterocycles. The van der Waals surface area contributed by atoms with Gasteiger partial charge in [0.25, 0.3) is 0 Å². The van der Waals surface area contributed by atoms with E-state index in [-0.39, 0.29) is 11.5 Å². The number of ether oxygens (including phenoxy) is 1. The molecule has 0 amide bonds. The topological polar surface area (TPSA) is 49.8 Å². The second-order valence-corrected chi connectivity index (χ2v) is 7.69. The number of piperidine rings is 1. The molecule has 26 heavy (non-hydrogen) atoms. The Bertz CT molecular complexity index is 885. The monoisotopic (exact) mass is 413 g/mol. The number of benzene rings is 2. The zero-order valence-electron chi connectivity index (χ0n) is 14.4. The summed E-state index contributed by atoms with van der Waals surface area (Å²) in [6.07, 6.45) is 5.34. The number of phenols is 1. The third kappa shape index (κ3) is 3.41. The number of likely N-dealkylation sites (tertiary alicyclic amines) is 1. The molecule has 4 nitrogen and oxygen atoms in total. The normalized spacial score (nSPS) is 18.8. The number of allylic oxidation sites excluding steroid dienone is 1. The number of nitrogens with zero attached hydrogens (tertiary/aromatic N) is 1. The molecule has 4 rings (SSSR count). The van der Waals surface area contributed by atoms with Gasteiger partial charge in [-0.1, -0.05) is 34.5 Å². The van der Waals surface area contributed by atoms with Crippen LogP contribution in [0.5, 0.6) is 11.5 Å². The van der Waals surface area contributed by atoms with Gasteiger partial charge in [-0.3, -0.25) is 9.69 Å². The van der Waals surface area contributed by atoms with E-state index in [0.29, 0.717) is 29.2 Å². The Morgan fingerprint density at radius 2 is 1.96 bits per heavy atom. The van der Waals surface area contributed by atoms with Gasteiger partial charge in [-0.25, -0.2) is 0 Å². The van der Waals surface area contributed by atoms with Gasteiger partial charge in [0.05, 0.1) is 11.1 Å². The molecule has 0 saturated carbocycles. The fourth-order valence-electron chi connectivity index (χ4n) is 3.54. The Labute approximate surface area is 161 Å². The van der Waals surface area contributed by atoms with E-state index < -0.39 is 0 Å². The third-order valence-electron chi connectivity index (χ3n) is 4.89. The molecule has 134 valence electrons. The van der Waals surface area contributed by atoms with Crippen molar-refractivity contribution in [2.45, 2.75) is 25.8 Å². The van der Waals surface area contributed by atoms with E-state index in [4.69, 9.17) is 4.74 Å². The van der Waals surface area contributed by atoms with Crippen LogP contribution in [-0.4, -0.2) is 28.9 Å². The summed E-state index contributed by atoms with van der Waals surface area (Å²) < 4.78 is 6.87. The molecule has 0 aliphatic carbocycles. The van der Waals surface area contributed by atoms with E-state index in [2.05, 4.69) is 20.8 Å². The number of rotatable bonds is 3. The zero-order chi connectivity index (χ0) is 18.1. The number of hydrogen-bond donors (Lipinski definition) is 1. The summed E-state index contributed by atoms with van der Waals surface area (Å²) in [6.45, 7) is 2.63. The number of phenolic OH excluding ortho intramolecular Hbond substituents is 1. The highest BCUT2D eigenvalue weighted by Gasteiger charge is 2.31. The summed E-state index contributed by atoms with van der Waals surface area (Å²) in [5, 5.41) is 10.4. The van der Waals surface area contributed by atoms with Crippen LogP contribution in [0.25, 0.3) is 6.08 Å². The molecular formula is C21H20BrNO3. The second kappa shape index (κ2) is 7.25. The van der Waals surface area contributed by atoms with Crippen LogP contribution in [0.1, 0.15) is 40.7 Å². The van der Waals surface area contributed by atoms with Crippen molar-refractivity contribution in [2.24, 2.45) is 0 Å². The maximum atomic E-state index is 12.7. The number of ketones is 1.